The molecule has 0 fully saturated rings. The van der Waals surface area contributed by atoms with E-state index >= 15 is 0 Å². The summed E-state index contributed by atoms with van der Waals surface area (Å²) in [5, 5.41) is -0.0478. The molecule has 2 aromatic rings. The highest BCUT2D eigenvalue weighted by Crippen LogP contribution is 2.19. The quantitative estimate of drug-likeness (QED) is 0.515. The van der Waals surface area contributed by atoms with Crippen LogP contribution in [0, 0.1) is 6.08 Å². The van der Waals surface area contributed by atoms with E-state index in [1.807, 2.05) is 5.73 Å². The normalized spacial score (nSPS) is 10.8. The predicted molar refractivity (Wildman–Crippen MR) is 64.3 cm³/mol. The summed E-state index contributed by atoms with van der Waals surface area (Å²) < 4.78 is 26.2. The van der Waals surface area contributed by atoms with Crippen LogP contribution < -0.4 is 10.3 Å². The van der Waals surface area contributed by atoms with Crippen molar-refractivity contribution >= 4 is 23.4 Å². The average Bonchev–Trinajstić information content (AvgIpc) is 2.48. The Labute approximate surface area is 114 Å². The molecule has 0 amide bonds. The minimum absolute atomic E-state index is 0.000306. The zero-order valence-corrected chi connectivity index (χ0v) is 10.5. The topological polar surface area (TPSA) is 82.0 Å². The molecule has 0 aliphatic carbocycles. The van der Waals surface area contributed by atoms with Crippen molar-refractivity contribution in [3.63, 3.8) is 0 Å². The van der Waals surface area contributed by atoms with Gasteiger partial charge in [-0.05, 0) is 12.1 Å². The lowest BCUT2D eigenvalue weighted by Gasteiger charge is -2.02. The van der Waals surface area contributed by atoms with E-state index in [9.17, 15) is 9.18 Å². The van der Waals surface area contributed by atoms with Crippen LogP contribution in [-0.4, -0.2) is 23.0 Å². The number of carbonyl (C=O) groups excluding carboxylic acids is 1. The first-order chi connectivity index (χ1) is 9.56. The van der Waals surface area contributed by atoms with E-state index in [0.717, 1.165) is 0 Å². The van der Waals surface area contributed by atoms with Gasteiger partial charge in [0.25, 0.3) is 0 Å². The number of ether oxygens (including phenoxy) is 1. The van der Waals surface area contributed by atoms with Crippen LogP contribution in [0.2, 0.25) is 6.43 Å². The minimum atomic E-state index is -1.05. The highest BCUT2D eigenvalue weighted by molar-refractivity contribution is 6.34. The van der Waals surface area contributed by atoms with Gasteiger partial charge in [-0.25, -0.2) is 9.36 Å². The maximum Gasteiger partial charge on any atom is 0.425 e. The zero-order chi connectivity index (χ0) is 14.7. The average molecular weight is 285 g/mol. The summed E-state index contributed by atoms with van der Waals surface area (Å²) in [5.41, 5.74) is 2.16. The SMILES string of the molecule is [2H]Nc1nc(F)nc(-[n+]2cccc(C(=O)OC)c2)c1Cl. The smallest absolute Gasteiger partial charge is 0.425 e. The number of nitrogens with zero attached hydrogens (tertiary/aromatic N) is 3. The van der Waals surface area contributed by atoms with Crippen molar-refractivity contribution in [3.05, 3.63) is 41.2 Å². The number of nitrogens with two attached hydrogens (primary N) is 1. The Morgan fingerprint density at radius 1 is 1.63 bits per heavy atom. The van der Waals surface area contributed by atoms with E-state index in [1.54, 1.807) is 6.07 Å². The van der Waals surface area contributed by atoms with Crippen LogP contribution in [0.3, 0.4) is 0 Å². The van der Waals surface area contributed by atoms with Crippen LogP contribution >= 0.6 is 11.6 Å². The monoisotopic (exact) mass is 284 g/mol. The van der Waals surface area contributed by atoms with E-state index in [4.69, 9.17) is 13.0 Å². The molecule has 0 saturated heterocycles. The Hall–Kier alpha value is -2.28. The second kappa shape index (κ2) is 5.15. The summed E-state index contributed by atoms with van der Waals surface area (Å²) in [7, 11) is 1.25. The van der Waals surface area contributed by atoms with Gasteiger partial charge >= 0.3 is 17.9 Å². The number of esters is 1. The van der Waals surface area contributed by atoms with Crippen molar-refractivity contribution in [2.24, 2.45) is 0 Å². The number of hydrogen-bond donors (Lipinski definition) is 1. The third-order valence-electron chi connectivity index (χ3n) is 2.27. The number of rotatable bonds is 3. The van der Waals surface area contributed by atoms with Crippen LogP contribution in [0.4, 0.5) is 10.2 Å². The van der Waals surface area contributed by atoms with E-state index in [-0.39, 0.29) is 22.2 Å². The molecule has 2 heterocycles. The molecule has 0 spiro atoms. The Balaban J connectivity index is 2.57. The molecular weight excluding hydrogens is 275 g/mol. The highest BCUT2D eigenvalue weighted by atomic mass is 35.5. The maximum absolute atomic E-state index is 13.3. The molecule has 8 heteroatoms. The molecule has 6 nitrogen and oxygen atoms in total. The van der Waals surface area contributed by atoms with Crippen LogP contribution in [-0.2, 0) is 4.74 Å². The van der Waals surface area contributed by atoms with Gasteiger partial charge in [-0.1, -0.05) is 11.6 Å². The largest absolute Gasteiger partial charge is 0.465 e. The second-order valence-corrected chi connectivity index (χ2v) is 3.85. The number of carbonyl (C=O) groups is 1. The molecule has 0 aromatic carbocycles. The number of pyridine rings is 1. The molecule has 2 N–H and O–H groups in total. The van der Waals surface area contributed by atoms with Crippen LogP contribution in [0.15, 0.2) is 24.5 Å². The summed E-state index contributed by atoms with van der Waals surface area (Å²) in [4.78, 5) is 18.3. The molecule has 0 aliphatic heterocycles. The fraction of sp³-hybridized carbons (Fsp3) is 0.0909. The molecule has 98 valence electrons. The van der Waals surface area contributed by atoms with E-state index in [2.05, 4.69) is 14.7 Å². The fourth-order valence-corrected chi connectivity index (χ4v) is 1.61. The molecule has 0 saturated carbocycles. The van der Waals surface area contributed by atoms with Gasteiger partial charge in [-0.3, -0.25) is 0 Å². The third-order valence-corrected chi connectivity index (χ3v) is 2.62. The number of hydrogen-bond acceptors (Lipinski definition) is 5. The molecule has 0 radical (unpaired) electrons. The minimum Gasteiger partial charge on any atom is -0.465 e. The van der Waals surface area contributed by atoms with Crippen molar-refractivity contribution < 1.29 is 19.9 Å². The van der Waals surface area contributed by atoms with Crippen LogP contribution in [0.1, 0.15) is 10.4 Å². The van der Waals surface area contributed by atoms with Crippen molar-refractivity contribution in [3.8, 4) is 5.82 Å². The zero-order valence-electron chi connectivity index (χ0n) is 10.7. The summed E-state index contributed by atoms with van der Waals surface area (Å²) >= 11 is 5.97. The maximum atomic E-state index is 13.3. The van der Waals surface area contributed by atoms with Gasteiger partial charge in [0.1, 0.15) is 6.20 Å². The summed E-state index contributed by atoms with van der Waals surface area (Å²) in [5.74, 6) is -0.728. The Bertz CT molecular complexity index is 671. The number of halogens is 2. The van der Waals surface area contributed by atoms with Crippen LogP contribution in [0.5, 0.6) is 0 Å². The van der Waals surface area contributed by atoms with Crippen molar-refractivity contribution in [1.29, 1.82) is 0 Å². The Kier molecular flexibility index (Phi) is 3.20. The lowest BCUT2D eigenvalue weighted by Crippen LogP contribution is -2.33. The molecule has 0 unspecified atom stereocenters. The standard InChI is InChI=1S/C11H9ClFN4O2/c1-19-10(18)6-3-2-4-17(5-6)9-7(12)8(14)15-11(13)16-9/h2-5H,1H3,(H2,14,15,16)/q+1/i/hD. The third kappa shape index (κ3) is 2.60. The van der Waals surface area contributed by atoms with E-state index < -0.39 is 12.0 Å². The number of nitrogen functional groups attached to an aromatic ring is 1. The summed E-state index contributed by atoms with van der Waals surface area (Å²) in [6.07, 6.45) is 1.86. The summed E-state index contributed by atoms with van der Waals surface area (Å²) in [6.45, 7) is 0. The fourth-order valence-electron chi connectivity index (χ4n) is 1.43. The van der Waals surface area contributed by atoms with Crippen LogP contribution in [0.25, 0.3) is 5.82 Å². The molecule has 19 heavy (non-hydrogen) atoms. The van der Waals surface area contributed by atoms with Gasteiger partial charge < -0.3 is 10.5 Å². The van der Waals surface area contributed by atoms with Crippen molar-refractivity contribution in [1.82, 2.24) is 9.97 Å². The molecule has 0 aliphatic rings. The number of methoxy groups -OCH3 is 1. The highest BCUT2D eigenvalue weighted by Gasteiger charge is 2.22. The van der Waals surface area contributed by atoms with E-state index in [0.29, 0.717) is 0 Å². The molecule has 2 aromatic heterocycles. The summed E-state index contributed by atoms with van der Waals surface area (Å²) in [6, 6.07) is 3.08. The van der Waals surface area contributed by atoms with Gasteiger partial charge in [0, 0.05) is 4.98 Å². The first-order valence-corrected chi connectivity index (χ1v) is 5.45. The molecule has 0 atom stereocenters. The van der Waals surface area contributed by atoms with Gasteiger partial charge in [0.05, 0.1) is 18.9 Å². The van der Waals surface area contributed by atoms with Gasteiger partial charge in [0.15, 0.2) is 12.3 Å². The Morgan fingerprint density at radius 2 is 2.42 bits per heavy atom. The number of anilines is 1. The van der Waals surface area contributed by atoms with Crippen molar-refractivity contribution in [2.45, 2.75) is 0 Å². The first kappa shape index (κ1) is 11.8. The van der Waals surface area contributed by atoms with Gasteiger partial charge in [0.2, 0.25) is 0 Å². The van der Waals surface area contributed by atoms with Crippen molar-refractivity contribution in [2.75, 3.05) is 12.8 Å². The van der Waals surface area contributed by atoms with Gasteiger partial charge in [-0.15, -0.1) is 4.39 Å². The lowest BCUT2D eigenvalue weighted by molar-refractivity contribution is -0.599. The molecule has 2 rings (SSSR count). The Morgan fingerprint density at radius 3 is 3.11 bits per heavy atom. The van der Waals surface area contributed by atoms with E-state index in [1.165, 1.54) is 30.1 Å². The first-order valence-electron chi connectivity index (χ1n) is 5.57. The molecule has 0 bridgehead atoms. The predicted octanol–water partition coefficient (Wildman–Crippen LogP) is 0.915. The molecular formula is C11H9ClFN4O2+. The second-order valence-electron chi connectivity index (χ2n) is 3.47. The lowest BCUT2D eigenvalue weighted by atomic mass is 10.3. The van der Waals surface area contributed by atoms with Gasteiger partial charge in [-0.2, -0.15) is 4.98 Å². The number of aromatic nitrogens is 3.